The summed E-state index contributed by atoms with van der Waals surface area (Å²) in [5.74, 6) is 0. The van der Waals surface area contributed by atoms with Gasteiger partial charge >= 0.3 is 0 Å². The summed E-state index contributed by atoms with van der Waals surface area (Å²) < 4.78 is 0. The van der Waals surface area contributed by atoms with Crippen LogP contribution in [0.4, 0.5) is 0 Å². The lowest BCUT2D eigenvalue weighted by Crippen LogP contribution is -2.12. The molecule has 0 bridgehead atoms. The van der Waals surface area contributed by atoms with E-state index in [0.29, 0.717) is 0 Å². The van der Waals surface area contributed by atoms with Gasteiger partial charge in [-0.15, -0.1) is 11.3 Å². The number of aromatic nitrogens is 1. The minimum Gasteiger partial charge on any atom is -0.306 e. The molecule has 3 nitrogen and oxygen atoms in total. The predicted molar refractivity (Wildman–Crippen MR) is 63.8 cm³/mol. The van der Waals surface area contributed by atoms with Crippen molar-refractivity contribution in [1.29, 1.82) is 5.26 Å². The molecule has 0 atom stereocenters. The Morgan fingerprint density at radius 2 is 2.19 bits per heavy atom. The Balaban J connectivity index is 1.83. The van der Waals surface area contributed by atoms with Crippen LogP contribution in [0.15, 0.2) is 36.5 Å². The SMILES string of the molecule is N#Cc1ccc(CNCc2ccccn2)s1. The first-order chi connectivity index (χ1) is 7.88. The Morgan fingerprint density at radius 1 is 1.25 bits per heavy atom. The Morgan fingerprint density at radius 3 is 2.88 bits per heavy atom. The summed E-state index contributed by atoms with van der Waals surface area (Å²) in [6.45, 7) is 1.53. The minimum absolute atomic E-state index is 0.751. The summed E-state index contributed by atoms with van der Waals surface area (Å²) in [4.78, 5) is 6.15. The number of hydrogen-bond acceptors (Lipinski definition) is 4. The van der Waals surface area contributed by atoms with E-state index in [4.69, 9.17) is 5.26 Å². The predicted octanol–water partition coefficient (Wildman–Crippen LogP) is 2.30. The van der Waals surface area contributed by atoms with Crippen molar-refractivity contribution in [3.8, 4) is 6.07 Å². The number of pyridine rings is 1. The standard InChI is InChI=1S/C12H11N3S/c13-7-11-4-5-12(16-11)9-14-8-10-3-1-2-6-15-10/h1-6,14H,8-9H2. The number of nitrogens with one attached hydrogen (secondary N) is 1. The molecule has 1 N–H and O–H groups in total. The van der Waals surface area contributed by atoms with E-state index in [0.717, 1.165) is 23.7 Å². The molecule has 2 aromatic rings. The molecule has 2 heterocycles. The Bertz CT molecular complexity index is 484. The van der Waals surface area contributed by atoms with Crippen molar-refractivity contribution in [2.75, 3.05) is 0 Å². The molecule has 0 aromatic carbocycles. The minimum atomic E-state index is 0.751. The highest BCUT2D eigenvalue weighted by molar-refractivity contribution is 7.12. The monoisotopic (exact) mass is 229 g/mol. The first-order valence-corrected chi connectivity index (χ1v) is 5.79. The Labute approximate surface area is 98.4 Å². The second-order valence-electron chi connectivity index (χ2n) is 3.30. The van der Waals surface area contributed by atoms with E-state index in [2.05, 4.69) is 16.4 Å². The highest BCUT2D eigenvalue weighted by Gasteiger charge is 1.99. The van der Waals surface area contributed by atoms with E-state index in [9.17, 15) is 0 Å². The smallest absolute Gasteiger partial charge is 0.110 e. The van der Waals surface area contributed by atoms with E-state index in [1.54, 1.807) is 6.20 Å². The summed E-state index contributed by atoms with van der Waals surface area (Å²) in [6.07, 6.45) is 1.79. The molecule has 0 aliphatic rings. The average molecular weight is 229 g/mol. The van der Waals surface area contributed by atoms with E-state index >= 15 is 0 Å². The first-order valence-electron chi connectivity index (χ1n) is 4.98. The highest BCUT2D eigenvalue weighted by atomic mass is 32.1. The molecule has 4 heteroatoms. The van der Waals surface area contributed by atoms with Crippen LogP contribution in [0.25, 0.3) is 0 Å². The molecule has 2 rings (SSSR count). The molecular weight excluding hydrogens is 218 g/mol. The average Bonchev–Trinajstić information content (AvgIpc) is 2.78. The summed E-state index contributed by atoms with van der Waals surface area (Å²) in [5, 5.41) is 12.0. The van der Waals surface area contributed by atoms with Crippen molar-refractivity contribution < 1.29 is 0 Å². The van der Waals surface area contributed by atoms with Gasteiger partial charge in [0.25, 0.3) is 0 Å². The van der Waals surface area contributed by atoms with Gasteiger partial charge in [-0.05, 0) is 24.3 Å². The van der Waals surface area contributed by atoms with Crippen LogP contribution >= 0.6 is 11.3 Å². The van der Waals surface area contributed by atoms with Crippen molar-refractivity contribution in [2.24, 2.45) is 0 Å². The molecule has 0 aliphatic heterocycles. The van der Waals surface area contributed by atoms with Gasteiger partial charge in [0, 0.05) is 24.2 Å². The fraction of sp³-hybridized carbons (Fsp3) is 0.167. The van der Waals surface area contributed by atoms with Crippen LogP contribution in [-0.2, 0) is 13.1 Å². The van der Waals surface area contributed by atoms with Crippen LogP contribution < -0.4 is 5.32 Å². The van der Waals surface area contributed by atoms with Gasteiger partial charge < -0.3 is 5.32 Å². The third-order valence-electron chi connectivity index (χ3n) is 2.10. The number of nitriles is 1. The van der Waals surface area contributed by atoms with Crippen molar-refractivity contribution in [3.05, 3.63) is 52.0 Å². The molecule has 80 valence electrons. The number of nitrogens with zero attached hydrogens (tertiary/aromatic N) is 2. The fourth-order valence-corrected chi connectivity index (χ4v) is 2.12. The van der Waals surface area contributed by atoms with Gasteiger partial charge in [0.2, 0.25) is 0 Å². The molecule has 0 spiro atoms. The summed E-state index contributed by atoms with van der Waals surface area (Å²) in [5.41, 5.74) is 1.03. The van der Waals surface area contributed by atoms with E-state index < -0.39 is 0 Å². The molecule has 2 aromatic heterocycles. The molecule has 0 radical (unpaired) electrons. The second-order valence-corrected chi connectivity index (χ2v) is 4.47. The van der Waals surface area contributed by atoms with Gasteiger partial charge in [0.1, 0.15) is 10.9 Å². The van der Waals surface area contributed by atoms with Crippen LogP contribution in [0.1, 0.15) is 15.4 Å². The maximum absolute atomic E-state index is 8.68. The number of rotatable bonds is 4. The highest BCUT2D eigenvalue weighted by Crippen LogP contribution is 2.14. The zero-order chi connectivity index (χ0) is 11.2. The summed E-state index contributed by atoms with van der Waals surface area (Å²) >= 11 is 1.52. The lowest BCUT2D eigenvalue weighted by molar-refractivity contribution is 0.686. The summed E-state index contributed by atoms with van der Waals surface area (Å²) in [7, 11) is 0. The van der Waals surface area contributed by atoms with Crippen molar-refractivity contribution >= 4 is 11.3 Å². The van der Waals surface area contributed by atoms with Crippen molar-refractivity contribution in [2.45, 2.75) is 13.1 Å². The van der Waals surface area contributed by atoms with E-state index in [-0.39, 0.29) is 0 Å². The van der Waals surface area contributed by atoms with Gasteiger partial charge in [-0.25, -0.2) is 0 Å². The Hall–Kier alpha value is -1.70. The van der Waals surface area contributed by atoms with Crippen LogP contribution in [0.3, 0.4) is 0 Å². The topological polar surface area (TPSA) is 48.7 Å². The Kier molecular flexibility index (Phi) is 3.65. The number of hydrogen-bond donors (Lipinski definition) is 1. The third kappa shape index (κ3) is 2.89. The van der Waals surface area contributed by atoms with Gasteiger partial charge in [0.15, 0.2) is 0 Å². The van der Waals surface area contributed by atoms with E-state index in [1.807, 2.05) is 30.3 Å². The number of thiophene rings is 1. The largest absolute Gasteiger partial charge is 0.306 e. The molecule has 0 amide bonds. The first kappa shape index (κ1) is 10.8. The second kappa shape index (κ2) is 5.40. The summed E-state index contributed by atoms with van der Waals surface area (Å²) in [6, 6.07) is 11.8. The molecule has 0 unspecified atom stereocenters. The molecule has 0 fully saturated rings. The van der Waals surface area contributed by atoms with Gasteiger partial charge in [-0.2, -0.15) is 5.26 Å². The molecule has 0 aliphatic carbocycles. The molecule has 0 saturated heterocycles. The zero-order valence-corrected chi connectivity index (χ0v) is 9.50. The van der Waals surface area contributed by atoms with Crippen LogP contribution in [-0.4, -0.2) is 4.98 Å². The normalized spacial score (nSPS) is 9.94. The van der Waals surface area contributed by atoms with Crippen LogP contribution in [0, 0.1) is 11.3 Å². The molecular formula is C12H11N3S. The van der Waals surface area contributed by atoms with Crippen molar-refractivity contribution in [1.82, 2.24) is 10.3 Å². The molecule has 16 heavy (non-hydrogen) atoms. The van der Waals surface area contributed by atoms with Crippen LogP contribution in [0.5, 0.6) is 0 Å². The zero-order valence-electron chi connectivity index (χ0n) is 8.68. The van der Waals surface area contributed by atoms with Gasteiger partial charge in [0.05, 0.1) is 5.69 Å². The lowest BCUT2D eigenvalue weighted by Gasteiger charge is -2.01. The quantitative estimate of drug-likeness (QED) is 0.875. The lowest BCUT2D eigenvalue weighted by atomic mass is 10.3. The van der Waals surface area contributed by atoms with E-state index in [1.165, 1.54) is 16.2 Å². The molecule has 0 saturated carbocycles. The van der Waals surface area contributed by atoms with Gasteiger partial charge in [-0.3, -0.25) is 4.98 Å². The fourth-order valence-electron chi connectivity index (χ4n) is 1.35. The third-order valence-corrected chi connectivity index (χ3v) is 3.09. The van der Waals surface area contributed by atoms with Crippen molar-refractivity contribution in [3.63, 3.8) is 0 Å². The van der Waals surface area contributed by atoms with Crippen LogP contribution in [0.2, 0.25) is 0 Å². The maximum Gasteiger partial charge on any atom is 0.110 e. The van der Waals surface area contributed by atoms with Gasteiger partial charge in [-0.1, -0.05) is 6.07 Å². The maximum atomic E-state index is 8.68.